The SMILES string of the molecule is COCC1(C(=O)O)CCCN(C(=O)C(c2cccc(Cl)c2)C(C)C)C1. The molecule has 0 aliphatic carbocycles. The smallest absolute Gasteiger partial charge is 0.313 e. The van der Waals surface area contributed by atoms with Gasteiger partial charge in [0.2, 0.25) is 5.91 Å². The molecular weight excluding hydrogens is 342 g/mol. The molecule has 138 valence electrons. The Kier molecular flexibility index (Phi) is 6.47. The van der Waals surface area contributed by atoms with Gasteiger partial charge in [-0.15, -0.1) is 0 Å². The molecule has 0 bridgehead atoms. The predicted octanol–water partition coefficient (Wildman–Crippen LogP) is 3.42. The standard InChI is InChI=1S/C19H26ClNO4/c1-13(2)16(14-6-4-7-15(20)10-14)17(22)21-9-5-8-19(11-21,12-25-3)18(23)24/h4,6-7,10,13,16H,5,8-9,11-12H2,1-3H3,(H,23,24). The number of carbonyl (C=O) groups is 2. The monoisotopic (exact) mass is 367 g/mol. The van der Waals surface area contributed by atoms with Gasteiger partial charge in [-0.25, -0.2) is 0 Å². The first-order chi connectivity index (χ1) is 11.8. The summed E-state index contributed by atoms with van der Waals surface area (Å²) in [7, 11) is 1.49. The van der Waals surface area contributed by atoms with Crippen molar-refractivity contribution in [1.29, 1.82) is 0 Å². The minimum Gasteiger partial charge on any atom is -0.481 e. The van der Waals surface area contributed by atoms with Gasteiger partial charge >= 0.3 is 5.97 Å². The lowest BCUT2D eigenvalue weighted by molar-refractivity contribution is -0.159. The summed E-state index contributed by atoms with van der Waals surface area (Å²) in [5.74, 6) is -1.21. The molecule has 1 amide bonds. The van der Waals surface area contributed by atoms with E-state index in [1.165, 1.54) is 7.11 Å². The van der Waals surface area contributed by atoms with Gasteiger partial charge in [-0.05, 0) is 36.5 Å². The Morgan fingerprint density at radius 2 is 2.12 bits per heavy atom. The number of nitrogens with zero attached hydrogens (tertiary/aromatic N) is 1. The molecule has 1 aliphatic rings. The van der Waals surface area contributed by atoms with Crippen LogP contribution in [0.25, 0.3) is 0 Å². The molecule has 2 rings (SSSR count). The molecule has 1 aromatic carbocycles. The molecule has 0 spiro atoms. The van der Waals surface area contributed by atoms with E-state index in [1.54, 1.807) is 11.0 Å². The largest absolute Gasteiger partial charge is 0.481 e. The number of hydrogen-bond acceptors (Lipinski definition) is 3. The summed E-state index contributed by atoms with van der Waals surface area (Å²) in [6.07, 6.45) is 1.17. The zero-order valence-corrected chi connectivity index (χ0v) is 15.8. The second kappa shape index (κ2) is 8.19. The topological polar surface area (TPSA) is 66.8 Å². The number of carboxylic acids is 1. The van der Waals surface area contributed by atoms with E-state index in [-0.39, 0.29) is 30.9 Å². The Morgan fingerprint density at radius 1 is 1.40 bits per heavy atom. The maximum Gasteiger partial charge on any atom is 0.313 e. The van der Waals surface area contributed by atoms with Crippen LogP contribution in [-0.4, -0.2) is 48.7 Å². The molecule has 0 aromatic heterocycles. The van der Waals surface area contributed by atoms with E-state index in [0.717, 1.165) is 5.56 Å². The van der Waals surface area contributed by atoms with Crippen molar-refractivity contribution in [3.8, 4) is 0 Å². The van der Waals surface area contributed by atoms with Crippen LogP contribution >= 0.6 is 11.6 Å². The van der Waals surface area contributed by atoms with Gasteiger partial charge in [0.05, 0.1) is 12.5 Å². The highest BCUT2D eigenvalue weighted by Crippen LogP contribution is 2.35. The first-order valence-corrected chi connectivity index (χ1v) is 8.95. The van der Waals surface area contributed by atoms with Crippen LogP contribution < -0.4 is 0 Å². The number of likely N-dealkylation sites (tertiary alicyclic amines) is 1. The van der Waals surface area contributed by atoms with E-state index >= 15 is 0 Å². The van der Waals surface area contributed by atoms with E-state index in [9.17, 15) is 14.7 Å². The molecule has 2 atom stereocenters. The van der Waals surface area contributed by atoms with Gasteiger partial charge in [0.1, 0.15) is 5.41 Å². The normalized spacial score (nSPS) is 22.0. The molecule has 6 heteroatoms. The minimum absolute atomic E-state index is 0.0429. The number of halogens is 1. The van der Waals surface area contributed by atoms with Crippen LogP contribution in [0.15, 0.2) is 24.3 Å². The molecule has 2 unspecified atom stereocenters. The molecule has 0 radical (unpaired) electrons. The molecule has 1 saturated heterocycles. The minimum atomic E-state index is -1.03. The van der Waals surface area contributed by atoms with Crippen LogP contribution in [0.1, 0.15) is 38.2 Å². The molecular formula is C19H26ClNO4. The van der Waals surface area contributed by atoms with Gasteiger partial charge in [-0.1, -0.05) is 37.6 Å². The highest BCUT2D eigenvalue weighted by molar-refractivity contribution is 6.30. The van der Waals surface area contributed by atoms with Gasteiger partial charge in [0.25, 0.3) is 0 Å². The fourth-order valence-corrected chi connectivity index (χ4v) is 3.86. The Labute approximate surface area is 153 Å². The van der Waals surface area contributed by atoms with Crippen LogP contribution in [0.3, 0.4) is 0 Å². The number of piperidine rings is 1. The number of amides is 1. The zero-order valence-electron chi connectivity index (χ0n) is 15.0. The lowest BCUT2D eigenvalue weighted by atomic mass is 9.79. The molecule has 1 heterocycles. The van der Waals surface area contributed by atoms with Gasteiger partial charge in [-0.2, -0.15) is 0 Å². The molecule has 0 saturated carbocycles. The summed E-state index contributed by atoms with van der Waals surface area (Å²) in [5, 5.41) is 10.3. The maximum atomic E-state index is 13.2. The number of hydrogen-bond donors (Lipinski definition) is 1. The van der Waals surface area contributed by atoms with Crippen LogP contribution in [0.4, 0.5) is 0 Å². The third kappa shape index (κ3) is 4.33. The fraction of sp³-hybridized carbons (Fsp3) is 0.579. The highest BCUT2D eigenvalue weighted by atomic mass is 35.5. The van der Waals surface area contributed by atoms with Crippen LogP contribution in [0.2, 0.25) is 5.02 Å². The third-order valence-electron chi connectivity index (χ3n) is 4.90. The van der Waals surface area contributed by atoms with E-state index in [4.69, 9.17) is 16.3 Å². The summed E-state index contributed by atoms with van der Waals surface area (Å²) in [6, 6.07) is 7.33. The number of rotatable bonds is 6. The average molecular weight is 368 g/mol. The molecule has 25 heavy (non-hydrogen) atoms. The Hall–Kier alpha value is -1.59. The van der Waals surface area contributed by atoms with Crippen molar-refractivity contribution in [1.82, 2.24) is 4.90 Å². The second-order valence-electron chi connectivity index (χ2n) is 7.16. The van der Waals surface area contributed by atoms with Gasteiger partial charge < -0.3 is 14.7 Å². The van der Waals surface area contributed by atoms with Crippen molar-refractivity contribution >= 4 is 23.5 Å². The summed E-state index contributed by atoms with van der Waals surface area (Å²) in [5.41, 5.74) is -0.163. The number of methoxy groups -OCH3 is 1. The highest BCUT2D eigenvalue weighted by Gasteiger charge is 2.45. The van der Waals surface area contributed by atoms with Crippen molar-refractivity contribution in [3.05, 3.63) is 34.9 Å². The van der Waals surface area contributed by atoms with E-state index < -0.39 is 11.4 Å². The first-order valence-electron chi connectivity index (χ1n) is 8.57. The Morgan fingerprint density at radius 3 is 2.68 bits per heavy atom. The Balaban J connectivity index is 2.28. The number of ether oxygens (including phenoxy) is 1. The summed E-state index contributed by atoms with van der Waals surface area (Å²) in [6.45, 7) is 4.84. The van der Waals surface area contributed by atoms with Crippen molar-refractivity contribution in [2.75, 3.05) is 26.8 Å². The fourth-order valence-electron chi connectivity index (χ4n) is 3.66. The number of carboxylic acid groups (broad SMARTS) is 1. The molecule has 1 aliphatic heterocycles. The number of benzene rings is 1. The summed E-state index contributed by atoms with van der Waals surface area (Å²) < 4.78 is 5.15. The molecule has 1 N–H and O–H groups in total. The average Bonchev–Trinajstić information content (AvgIpc) is 2.55. The molecule has 1 aromatic rings. The van der Waals surface area contributed by atoms with E-state index in [2.05, 4.69) is 0 Å². The van der Waals surface area contributed by atoms with Gasteiger partial charge in [-0.3, -0.25) is 9.59 Å². The first kappa shape index (κ1) is 19.7. The van der Waals surface area contributed by atoms with Crippen molar-refractivity contribution in [3.63, 3.8) is 0 Å². The summed E-state index contributed by atoms with van der Waals surface area (Å²) in [4.78, 5) is 26.7. The van der Waals surface area contributed by atoms with Crippen molar-refractivity contribution in [2.45, 2.75) is 32.6 Å². The lowest BCUT2D eigenvalue weighted by Crippen LogP contribution is -2.53. The predicted molar refractivity (Wildman–Crippen MR) is 96.8 cm³/mol. The number of aliphatic carboxylic acids is 1. The van der Waals surface area contributed by atoms with Crippen LogP contribution in [-0.2, 0) is 14.3 Å². The maximum absolute atomic E-state index is 13.2. The van der Waals surface area contributed by atoms with Crippen molar-refractivity contribution < 1.29 is 19.4 Å². The Bertz CT molecular complexity index is 630. The van der Waals surface area contributed by atoms with Crippen LogP contribution in [0, 0.1) is 11.3 Å². The molecule has 1 fully saturated rings. The zero-order chi connectivity index (χ0) is 18.6. The number of carbonyl (C=O) groups excluding carboxylic acids is 1. The van der Waals surface area contributed by atoms with Gasteiger partial charge in [0.15, 0.2) is 0 Å². The van der Waals surface area contributed by atoms with Gasteiger partial charge in [0, 0.05) is 25.2 Å². The summed E-state index contributed by atoms with van der Waals surface area (Å²) >= 11 is 6.09. The van der Waals surface area contributed by atoms with E-state index in [1.807, 2.05) is 32.0 Å². The van der Waals surface area contributed by atoms with Crippen LogP contribution in [0.5, 0.6) is 0 Å². The quantitative estimate of drug-likeness (QED) is 0.836. The lowest BCUT2D eigenvalue weighted by Gasteiger charge is -2.41. The third-order valence-corrected chi connectivity index (χ3v) is 5.14. The van der Waals surface area contributed by atoms with Crippen molar-refractivity contribution in [2.24, 2.45) is 11.3 Å². The molecule has 5 nitrogen and oxygen atoms in total. The van der Waals surface area contributed by atoms with E-state index in [0.29, 0.717) is 24.4 Å². The second-order valence-corrected chi connectivity index (χ2v) is 7.59.